The first-order chi connectivity index (χ1) is 9.31. The van der Waals surface area contributed by atoms with Crippen LogP contribution in [0.25, 0.3) is 10.9 Å². The fraction of sp³-hybridized carbons (Fsp3) is 0.588. The SMILES string of the molecule is Cc1ccc2cnn(S(C(C)C)(C(C)C)C(C)C)c2c1. The van der Waals surface area contributed by atoms with E-state index < -0.39 is 10.2 Å². The molecule has 1 aromatic heterocycles. The quantitative estimate of drug-likeness (QED) is 0.763. The molecule has 0 aliphatic carbocycles. The van der Waals surface area contributed by atoms with Gasteiger partial charge < -0.3 is 0 Å². The summed E-state index contributed by atoms with van der Waals surface area (Å²) in [5.74, 6) is 0. The summed E-state index contributed by atoms with van der Waals surface area (Å²) in [6, 6.07) is 6.65. The summed E-state index contributed by atoms with van der Waals surface area (Å²) in [5, 5.41) is 7.94. The molecule has 0 saturated carbocycles. The zero-order chi connectivity index (χ0) is 15.1. The summed E-state index contributed by atoms with van der Waals surface area (Å²) < 4.78 is 2.38. The van der Waals surface area contributed by atoms with Gasteiger partial charge in [0.15, 0.2) is 0 Å². The van der Waals surface area contributed by atoms with Crippen LogP contribution in [-0.2, 0) is 0 Å². The van der Waals surface area contributed by atoms with Gasteiger partial charge in [-0.2, -0.15) is 5.10 Å². The number of hydrogen-bond donors (Lipinski definition) is 0. The highest BCUT2D eigenvalue weighted by atomic mass is 32.3. The maximum Gasteiger partial charge on any atom is 0.0796 e. The van der Waals surface area contributed by atoms with Crippen LogP contribution in [0.4, 0.5) is 0 Å². The van der Waals surface area contributed by atoms with E-state index in [1.54, 1.807) is 0 Å². The van der Waals surface area contributed by atoms with Gasteiger partial charge in [-0.05, 0) is 18.6 Å². The molecule has 2 nitrogen and oxygen atoms in total. The van der Waals surface area contributed by atoms with Crippen molar-refractivity contribution in [2.24, 2.45) is 0 Å². The second-order valence-electron chi connectivity index (χ2n) is 6.45. The van der Waals surface area contributed by atoms with Gasteiger partial charge in [-0.25, -0.2) is 4.09 Å². The molecule has 112 valence electrons. The van der Waals surface area contributed by atoms with Crippen molar-refractivity contribution in [1.82, 2.24) is 9.19 Å². The first-order valence-electron chi connectivity index (χ1n) is 7.56. The minimum atomic E-state index is -1.02. The van der Waals surface area contributed by atoms with Gasteiger partial charge >= 0.3 is 0 Å². The second kappa shape index (κ2) is 5.44. The fourth-order valence-electron chi connectivity index (χ4n) is 3.59. The molecule has 0 atom stereocenters. The van der Waals surface area contributed by atoms with Crippen molar-refractivity contribution < 1.29 is 0 Å². The lowest BCUT2D eigenvalue weighted by Crippen LogP contribution is -2.34. The van der Waals surface area contributed by atoms with Crippen LogP contribution in [0.3, 0.4) is 0 Å². The third-order valence-corrected chi connectivity index (χ3v) is 9.68. The van der Waals surface area contributed by atoms with E-state index in [-0.39, 0.29) is 0 Å². The highest BCUT2D eigenvalue weighted by molar-refractivity contribution is 8.33. The Morgan fingerprint density at radius 1 is 0.950 bits per heavy atom. The fourth-order valence-corrected chi connectivity index (χ4v) is 8.76. The monoisotopic (exact) mass is 292 g/mol. The lowest BCUT2D eigenvalue weighted by molar-refractivity contribution is 0.870. The largest absolute Gasteiger partial charge is 0.225 e. The maximum absolute atomic E-state index is 4.83. The Morgan fingerprint density at radius 2 is 1.50 bits per heavy atom. The highest BCUT2D eigenvalue weighted by Crippen LogP contribution is 2.61. The van der Waals surface area contributed by atoms with E-state index >= 15 is 0 Å². The predicted octanol–water partition coefficient (Wildman–Crippen LogP) is 5.14. The Balaban J connectivity index is 2.78. The number of benzene rings is 1. The summed E-state index contributed by atoms with van der Waals surface area (Å²) in [6.07, 6.45) is 2.03. The van der Waals surface area contributed by atoms with Crippen molar-refractivity contribution >= 4 is 21.1 Å². The summed E-state index contributed by atoms with van der Waals surface area (Å²) >= 11 is 0. The van der Waals surface area contributed by atoms with Crippen LogP contribution in [0.15, 0.2) is 24.4 Å². The third kappa shape index (κ3) is 2.16. The smallest absolute Gasteiger partial charge is 0.0796 e. The number of fused-ring (bicyclic) bond motifs is 1. The lowest BCUT2D eigenvalue weighted by atomic mass is 10.2. The molecule has 3 heteroatoms. The molecule has 2 rings (SSSR count). The molecule has 2 aromatic rings. The van der Waals surface area contributed by atoms with Gasteiger partial charge in [0.1, 0.15) is 0 Å². The first-order valence-corrected chi connectivity index (χ1v) is 9.34. The topological polar surface area (TPSA) is 17.8 Å². The Morgan fingerprint density at radius 3 is 2.00 bits per heavy atom. The maximum atomic E-state index is 4.83. The van der Waals surface area contributed by atoms with Crippen LogP contribution in [0.2, 0.25) is 0 Å². The van der Waals surface area contributed by atoms with Gasteiger partial charge in [0.05, 0.1) is 11.7 Å². The van der Waals surface area contributed by atoms with Gasteiger partial charge in [-0.15, -0.1) is 10.2 Å². The number of aryl methyl sites for hydroxylation is 1. The van der Waals surface area contributed by atoms with E-state index in [9.17, 15) is 0 Å². The average molecular weight is 292 g/mol. The standard InChI is InChI=1S/C17H28N2S/c1-12(2)20(13(3)4,14(5)6)19-17-10-15(7)8-9-16(17)11-18-19/h8-14H,1-7H3. The lowest BCUT2D eigenvalue weighted by Gasteiger charge is -2.51. The summed E-state index contributed by atoms with van der Waals surface area (Å²) in [5.41, 5.74) is 2.61. The Labute approximate surface area is 125 Å². The second-order valence-corrected chi connectivity index (χ2v) is 11.1. The molecule has 0 bridgehead atoms. The van der Waals surface area contributed by atoms with Crippen LogP contribution in [0, 0.1) is 6.92 Å². The molecule has 0 aliphatic heterocycles. The summed E-state index contributed by atoms with van der Waals surface area (Å²) in [7, 11) is -1.02. The third-order valence-electron chi connectivity index (χ3n) is 4.26. The molecule has 0 radical (unpaired) electrons. The van der Waals surface area contributed by atoms with Gasteiger partial charge in [0.25, 0.3) is 0 Å². The molecule has 1 aromatic carbocycles. The normalized spacial score (nSPS) is 13.9. The van der Waals surface area contributed by atoms with Crippen molar-refractivity contribution in [2.45, 2.75) is 64.2 Å². The molecular formula is C17H28N2S. The molecule has 1 heterocycles. The van der Waals surface area contributed by atoms with Crippen LogP contribution < -0.4 is 0 Å². The summed E-state index contributed by atoms with van der Waals surface area (Å²) in [6.45, 7) is 16.3. The molecule has 20 heavy (non-hydrogen) atoms. The first kappa shape index (κ1) is 15.4. The van der Waals surface area contributed by atoms with Crippen molar-refractivity contribution in [3.8, 4) is 0 Å². The van der Waals surface area contributed by atoms with Crippen molar-refractivity contribution in [2.75, 3.05) is 0 Å². The molecule has 0 fully saturated rings. The molecule has 0 saturated heterocycles. The van der Waals surface area contributed by atoms with E-state index in [0.717, 1.165) is 0 Å². The van der Waals surface area contributed by atoms with Gasteiger partial charge in [-0.3, -0.25) is 0 Å². The van der Waals surface area contributed by atoms with E-state index in [1.807, 2.05) is 6.20 Å². The zero-order valence-corrected chi connectivity index (χ0v) is 14.7. The van der Waals surface area contributed by atoms with E-state index in [0.29, 0.717) is 15.7 Å². The Bertz CT molecular complexity index is 574. The number of hydrogen-bond acceptors (Lipinski definition) is 1. The number of nitrogens with zero attached hydrogens (tertiary/aromatic N) is 2. The molecular weight excluding hydrogens is 264 g/mol. The molecule has 0 spiro atoms. The number of rotatable bonds is 4. The molecule has 0 unspecified atom stereocenters. The van der Waals surface area contributed by atoms with Gasteiger partial charge in [0, 0.05) is 21.1 Å². The Hall–Kier alpha value is -0.960. The zero-order valence-electron chi connectivity index (χ0n) is 13.8. The number of aromatic nitrogens is 2. The minimum absolute atomic E-state index is 0.617. The predicted molar refractivity (Wildman–Crippen MR) is 92.9 cm³/mol. The van der Waals surface area contributed by atoms with Crippen molar-refractivity contribution in [3.63, 3.8) is 0 Å². The van der Waals surface area contributed by atoms with Crippen molar-refractivity contribution in [1.29, 1.82) is 0 Å². The van der Waals surface area contributed by atoms with Crippen LogP contribution in [0.1, 0.15) is 47.1 Å². The van der Waals surface area contributed by atoms with Crippen molar-refractivity contribution in [3.05, 3.63) is 30.0 Å². The highest BCUT2D eigenvalue weighted by Gasteiger charge is 2.38. The van der Waals surface area contributed by atoms with E-state index in [2.05, 4.69) is 70.8 Å². The minimum Gasteiger partial charge on any atom is -0.225 e. The summed E-state index contributed by atoms with van der Waals surface area (Å²) in [4.78, 5) is 0. The molecule has 0 N–H and O–H groups in total. The molecule has 0 amide bonds. The van der Waals surface area contributed by atoms with E-state index in [4.69, 9.17) is 5.10 Å². The van der Waals surface area contributed by atoms with Crippen LogP contribution in [-0.4, -0.2) is 24.9 Å². The van der Waals surface area contributed by atoms with Crippen LogP contribution >= 0.6 is 10.2 Å². The molecule has 0 aliphatic rings. The van der Waals surface area contributed by atoms with Gasteiger partial charge in [0.2, 0.25) is 0 Å². The Kier molecular flexibility index (Phi) is 4.19. The average Bonchev–Trinajstić information content (AvgIpc) is 2.72. The van der Waals surface area contributed by atoms with E-state index in [1.165, 1.54) is 16.5 Å². The van der Waals surface area contributed by atoms with Crippen LogP contribution in [0.5, 0.6) is 0 Å². The van der Waals surface area contributed by atoms with Gasteiger partial charge in [-0.1, -0.05) is 53.7 Å².